The molecule has 2 rings (SSSR count). The van der Waals surface area contributed by atoms with Crippen LogP contribution in [0.1, 0.15) is 15.9 Å². The number of nitrogens with zero attached hydrogens (tertiary/aromatic N) is 2. The number of benzene rings is 1. The van der Waals surface area contributed by atoms with E-state index in [2.05, 4.69) is 4.98 Å². The highest BCUT2D eigenvalue weighted by Gasteiger charge is 2.09. The molecule has 0 atom stereocenters. The van der Waals surface area contributed by atoms with Crippen LogP contribution in [0.3, 0.4) is 0 Å². The summed E-state index contributed by atoms with van der Waals surface area (Å²) in [6.07, 6.45) is 1.37. The molecule has 4 nitrogen and oxygen atoms in total. The Morgan fingerprint density at radius 3 is 2.50 bits per heavy atom. The van der Waals surface area contributed by atoms with Crippen LogP contribution in [-0.4, -0.2) is 23.1 Å². The highest BCUT2D eigenvalue weighted by atomic mass is 16.4. The monoisotopic (exact) mass is 242 g/mol. The van der Waals surface area contributed by atoms with Crippen molar-refractivity contribution in [3.05, 3.63) is 53.7 Å². The summed E-state index contributed by atoms with van der Waals surface area (Å²) in [5, 5.41) is 8.82. The van der Waals surface area contributed by atoms with E-state index in [0.29, 0.717) is 5.82 Å². The second-order valence-electron chi connectivity index (χ2n) is 4.06. The van der Waals surface area contributed by atoms with E-state index in [4.69, 9.17) is 5.11 Å². The van der Waals surface area contributed by atoms with Gasteiger partial charge in [0.25, 0.3) is 0 Å². The Balaban J connectivity index is 2.32. The van der Waals surface area contributed by atoms with Gasteiger partial charge in [-0.1, -0.05) is 18.2 Å². The number of carbonyl (C=O) groups is 1. The van der Waals surface area contributed by atoms with Gasteiger partial charge in [-0.3, -0.25) is 0 Å². The molecule has 0 aliphatic heterocycles. The van der Waals surface area contributed by atoms with Gasteiger partial charge in [-0.15, -0.1) is 0 Å². The van der Waals surface area contributed by atoms with Gasteiger partial charge in [0.15, 0.2) is 0 Å². The second-order valence-corrected chi connectivity index (χ2v) is 4.06. The fraction of sp³-hybridized carbons (Fsp3) is 0.143. The minimum atomic E-state index is -0.965. The Morgan fingerprint density at radius 1 is 1.22 bits per heavy atom. The van der Waals surface area contributed by atoms with Crippen LogP contribution in [0.4, 0.5) is 11.5 Å². The molecule has 0 fully saturated rings. The van der Waals surface area contributed by atoms with Gasteiger partial charge in [-0.05, 0) is 30.7 Å². The molecule has 1 aromatic heterocycles. The summed E-state index contributed by atoms with van der Waals surface area (Å²) in [5.41, 5.74) is 2.38. The number of aromatic nitrogens is 1. The van der Waals surface area contributed by atoms with Gasteiger partial charge in [0.2, 0.25) is 0 Å². The zero-order valence-electron chi connectivity index (χ0n) is 10.3. The van der Waals surface area contributed by atoms with Crippen molar-refractivity contribution < 1.29 is 9.90 Å². The number of carboxylic acids is 1. The van der Waals surface area contributed by atoms with Crippen LogP contribution in [-0.2, 0) is 0 Å². The van der Waals surface area contributed by atoms with Crippen molar-refractivity contribution in [2.75, 3.05) is 11.9 Å². The first-order chi connectivity index (χ1) is 8.59. The third-order valence-electron chi connectivity index (χ3n) is 2.82. The van der Waals surface area contributed by atoms with Crippen LogP contribution in [0.5, 0.6) is 0 Å². The lowest BCUT2D eigenvalue weighted by Gasteiger charge is -2.20. The molecule has 0 amide bonds. The van der Waals surface area contributed by atoms with E-state index in [0.717, 1.165) is 11.3 Å². The molecule has 1 heterocycles. The summed E-state index contributed by atoms with van der Waals surface area (Å²) in [6, 6.07) is 11.2. The number of anilines is 2. The van der Waals surface area contributed by atoms with E-state index in [-0.39, 0.29) is 5.56 Å². The van der Waals surface area contributed by atoms with E-state index in [1.165, 1.54) is 6.20 Å². The Hall–Kier alpha value is -2.36. The van der Waals surface area contributed by atoms with Crippen LogP contribution in [0.2, 0.25) is 0 Å². The SMILES string of the molecule is Cc1ccccc1N(C)c1ccc(C(=O)O)cn1. The minimum absolute atomic E-state index is 0.192. The lowest BCUT2D eigenvalue weighted by atomic mass is 10.2. The number of pyridine rings is 1. The molecule has 4 heteroatoms. The van der Waals surface area contributed by atoms with Crippen molar-refractivity contribution in [1.82, 2.24) is 4.98 Å². The summed E-state index contributed by atoms with van der Waals surface area (Å²) < 4.78 is 0. The molecule has 0 unspecified atom stereocenters. The molecule has 0 saturated carbocycles. The number of hydrogen-bond acceptors (Lipinski definition) is 3. The fourth-order valence-electron chi connectivity index (χ4n) is 1.77. The first-order valence-corrected chi connectivity index (χ1v) is 5.58. The van der Waals surface area contributed by atoms with E-state index in [9.17, 15) is 4.79 Å². The van der Waals surface area contributed by atoms with Crippen molar-refractivity contribution in [3.8, 4) is 0 Å². The lowest BCUT2D eigenvalue weighted by Crippen LogP contribution is -2.12. The third-order valence-corrected chi connectivity index (χ3v) is 2.82. The second kappa shape index (κ2) is 4.87. The molecule has 0 spiro atoms. The van der Waals surface area contributed by atoms with Crippen LogP contribution in [0, 0.1) is 6.92 Å². The molecule has 1 N–H and O–H groups in total. The van der Waals surface area contributed by atoms with Crippen molar-refractivity contribution in [3.63, 3.8) is 0 Å². The van der Waals surface area contributed by atoms with Crippen LogP contribution in [0.25, 0.3) is 0 Å². The summed E-state index contributed by atoms with van der Waals surface area (Å²) in [5.74, 6) is -0.248. The van der Waals surface area contributed by atoms with E-state index in [1.807, 2.05) is 43.1 Å². The standard InChI is InChI=1S/C14H14N2O2/c1-10-5-3-4-6-12(10)16(2)13-8-7-11(9-15-13)14(17)18/h3-9H,1-2H3,(H,17,18). The molecule has 1 aromatic carbocycles. The number of carboxylic acid groups (broad SMARTS) is 1. The van der Waals surface area contributed by atoms with Crippen LogP contribution < -0.4 is 4.90 Å². The van der Waals surface area contributed by atoms with Gasteiger partial charge in [0.05, 0.1) is 5.56 Å². The molecule has 0 aliphatic rings. The average molecular weight is 242 g/mol. The maximum atomic E-state index is 10.8. The minimum Gasteiger partial charge on any atom is -0.478 e. The van der Waals surface area contributed by atoms with Crippen LogP contribution in [0.15, 0.2) is 42.6 Å². The number of rotatable bonds is 3. The topological polar surface area (TPSA) is 53.4 Å². The smallest absolute Gasteiger partial charge is 0.337 e. The first-order valence-electron chi connectivity index (χ1n) is 5.58. The Kier molecular flexibility index (Phi) is 3.28. The van der Waals surface area contributed by atoms with Gasteiger partial charge in [0, 0.05) is 18.9 Å². The third kappa shape index (κ3) is 2.32. The van der Waals surface area contributed by atoms with Crippen molar-refractivity contribution in [2.24, 2.45) is 0 Å². The molecule has 0 radical (unpaired) electrons. The van der Waals surface area contributed by atoms with Crippen molar-refractivity contribution in [1.29, 1.82) is 0 Å². The van der Waals surface area contributed by atoms with E-state index >= 15 is 0 Å². The number of aromatic carboxylic acids is 1. The molecule has 0 aliphatic carbocycles. The van der Waals surface area contributed by atoms with Gasteiger partial charge >= 0.3 is 5.97 Å². The van der Waals surface area contributed by atoms with Gasteiger partial charge in [0.1, 0.15) is 5.82 Å². The molecule has 0 saturated heterocycles. The van der Waals surface area contributed by atoms with Gasteiger partial charge < -0.3 is 10.0 Å². The lowest BCUT2D eigenvalue weighted by molar-refractivity contribution is 0.0696. The maximum Gasteiger partial charge on any atom is 0.337 e. The Morgan fingerprint density at radius 2 is 1.94 bits per heavy atom. The summed E-state index contributed by atoms with van der Waals surface area (Å²) >= 11 is 0. The Labute approximate surface area is 106 Å². The normalized spacial score (nSPS) is 10.1. The molecule has 0 bridgehead atoms. The van der Waals surface area contributed by atoms with Crippen molar-refractivity contribution >= 4 is 17.5 Å². The fourth-order valence-corrected chi connectivity index (χ4v) is 1.77. The Bertz CT molecular complexity index is 564. The number of para-hydroxylation sites is 1. The molecular formula is C14H14N2O2. The molecular weight excluding hydrogens is 228 g/mol. The molecule has 92 valence electrons. The highest BCUT2D eigenvalue weighted by molar-refractivity contribution is 5.87. The van der Waals surface area contributed by atoms with Crippen molar-refractivity contribution in [2.45, 2.75) is 6.92 Å². The van der Waals surface area contributed by atoms with Crippen LogP contribution >= 0.6 is 0 Å². The molecule has 2 aromatic rings. The quantitative estimate of drug-likeness (QED) is 0.899. The highest BCUT2D eigenvalue weighted by Crippen LogP contribution is 2.24. The largest absolute Gasteiger partial charge is 0.478 e. The van der Waals surface area contributed by atoms with E-state index in [1.54, 1.807) is 12.1 Å². The first kappa shape index (κ1) is 12.1. The average Bonchev–Trinajstić information content (AvgIpc) is 2.38. The zero-order valence-corrected chi connectivity index (χ0v) is 10.3. The van der Waals surface area contributed by atoms with E-state index < -0.39 is 5.97 Å². The predicted octanol–water partition coefficient (Wildman–Crippen LogP) is 2.86. The summed E-state index contributed by atoms with van der Waals surface area (Å²) in [7, 11) is 1.91. The number of aryl methyl sites for hydroxylation is 1. The van der Waals surface area contributed by atoms with Gasteiger partial charge in [-0.2, -0.15) is 0 Å². The molecule has 18 heavy (non-hydrogen) atoms. The zero-order chi connectivity index (χ0) is 13.1. The summed E-state index contributed by atoms with van der Waals surface area (Å²) in [4.78, 5) is 16.8. The van der Waals surface area contributed by atoms with Gasteiger partial charge in [-0.25, -0.2) is 9.78 Å². The maximum absolute atomic E-state index is 10.8. The number of hydrogen-bond donors (Lipinski definition) is 1. The summed E-state index contributed by atoms with van der Waals surface area (Å²) in [6.45, 7) is 2.03. The predicted molar refractivity (Wildman–Crippen MR) is 70.4 cm³/mol.